The van der Waals surface area contributed by atoms with E-state index >= 15 is 0 Å². The third-order valence-corrected chi connectivity index (χ3v) is 5.92. The fourth-order valence-corrected chi connectivity index (χ4v) is 4.22. The Labute approximate surface area is 161 Å². The highest BCUT2D eigenvalue weighted by Crippen LogP contribution is 2.32. The van der Waals surface area contributed by atoms with E-state index in [9.17, 15) is 5.11 Å². The van der Waals surface area contributed by atoms with Gasteiger partial charge >= 0.3 is 0 Å². The Kier molecular flexibility index (Phi) is 5.02. The van der Waals surface area contributed by atoms with Crippen LogP contribution in [-0.2, 0) is 25.9 Å². The number of hydrogen-bond donors (Lipinski definition) is 1. The van der Waals surface area contributed by atoms with Crippen molar-refractivity contribution in [1.29, 1.82) is 0 Å². The summed E-state index contributed by atoms with van der Waals surface area (Å²) in [5.41, 5.74) is 7.91. The van der Waals surface area contributed by atoms with Gasteiger partial charge in [0.05, 0.1) is 6.61 Å². The monoisotopic (exact) mass is 363 g/mol. The molecular weight excluding hydrogens is 334 g/mol. The van der Waals surface area contributed by atoms with Gasteiger partial charge in [-0.25, -0.2) is 0 Å². The summed E-state index contributed by atoms with van der Waals surface area (Å²) in [5, 5.41) is 11.0. The SMILES string of the molecule is Cc1ccc2c(c1)c1c(n2CCc2ccc(C)nc2)CCN([C@@H](C)CO)C1. The highest BCUT2D eigenvalue weighted by Gasteiger charge is 2.26. The van der Waals surface area contributed by atoms with E-state index in [4.69, 9.17) is 0 Å². The van der Waals surface area contributed by atoms with E-state index in [1.807, 2.05) is 13.1 Å². The molecule has 0 saturated carbocycles. The molecule has 0 fully saturated rings. The summed E-state index contributed by atoms with van der Waals surface area (Å²) < 4.78 is 2.52. The second kappa shape index (κ2) is 7.45. The van der Waals surface area contributed by atoms with Crippen molar-refractivity contribution < 1.29 is 5.11 Å². The van der Waals surface area contributed by atoms with Gasteiger partial charge in [0, 0.05) is 60.6 Å². The normalized spacial score (nSPS) is 15.9. The predicted molar refractivity (Wildman–Crippen MR) is 110 cm³/mol. The average molecular weight is 364 g/mol. The zero-order chi connectivity index (χ0) is 19.0. The molecule has 1 atom stereocenters. The first-order valence-corrected chi connectivity index (χ1v) is 9.94. The Bertz CT molecular complexity index is 942. The standard InChI is InChI=1S/C23H29N3O/c1-16-4-7-22-20(12-16)21-14-25(18(3)15-27)10-9-23(21)26(22)11-8-19-6-5-17(2)24-13-19/h4-7,12-13,18,27H,8-11,14-15H2,1-3H3/t18-/m0/s1. The average Bonchev–Trinajstić information content (AvgIpc) is 2.99. The zero-order valence-electron chi connectivity index (χ0n) is 16.6. The van der Waals surface area contributed by atoms with E-state index < -0.39 is 0 Å². The highest BCUT2D eigenvalue weighted by molar-refractivity contribution is 5.86. The number of aryl methyl sites for hydroxylation is 4. The maximum absolute atomic E-state index is 9.57. The summed E-state index contributed by atoms with van der Waals surface area (Å²) in [6, 6.07) is 11.3. The Morgan fingerprint density at radius 3 is 2.78 bits per heavy atom. The van der Waals surface area contributed by atoms with Crippen LogP contribution in [0, 0.1) is 13.8 Å². The highest BCUT2D eigenvalue weighted by atomic mass is 16.3. The molecule has 142 valence electrons. The van der Waals surface area contributed by atoms with E-state index in [0.29, 0.717) is 0 Å². The molecule has 4 heteroatoms. The van der Waals surface area contributed by atoms with Crippen molar-refractivity contribution in [2.24, 2.45) is 0 Å². The molecule has 0 aliphatic carbocycles. The van der Waals surface area contributed by atoms with Gasteiger partial charge in [0.2, 0.25) is 0 Å². The van der Waals surface area contributed by atoms with Crippen LogP contribution in [0.1, 0.15) is 35.0 Å². The second-order valence-electron chi connectivity index (χ2n) is 7.91. The molecule has 27 heavy (non-hydrogen) atoms. The van der Waals surface area contributed by atoms with E-state index in [1.165, 1.54) is 33.3 Å². The van der Waals surface area contributed by atoms with Gasteiger partial charge in [-0.3, -0.25) is 9.88 Å². The van der Waals surface area contributed by atoms with Crippen LogP contribution in [0.25, 0.3) is 10.9 Å². The van der Waals surface area contributed by atoms with Crippen LogP contribution in [0.2, 0.25) is 0 Å². The smallest absolute Gasteiger partial charge is 0.0584 e. The maximum atomic E-state index is 9.57. The van der Waals surface area contributed by atoms with Crippen molar-refractivity contribution in [3.63, 3.8) is 0 Å². The van der Waals surface area contributed by atoms with Crippen molar-refractivity contribution in [3.8, 4) is 0 Å². The molecule has 4 rings (SSSR count). The minimum Gasteiger partial charge on any atom is -0.395 e. The molecule has 0 unspecified atom stereocenters. The lowest BCUT2D eigenvalue weighted by molar-refractivity contribution is 0.122. The number of pyridine rings is 1. The number of aromatic nitrogens is 2. The molecule has 1 aliphatic heterocycles. The fraction of sp³-hybridized carbons (Fsp3) is 0.435. The first-order valence-electron chi connectivity index (χ1n) is 9.94. The van der Waals surface area contributed by atoms with Gasteiger partial charge in [-0.05, 0) is 56.5 Å². The number of aliphatic hydroxyl groups is 1. The quantitative estimate of drug-likeness (QED) is 0.752. The molecule has 3 heterocycles. The number of rotatable bonds is 5. The molecule has 1 N–H and O–H groups in total. The zero-order valence-corrected chi connectivity index (χ0v) is 16.6. The summed E-state index contributed by atoms with van der Waals surface area (Å²) in [6.07, 6.45) is 4.04. The summed E-state index contributed by atoms with van der Waals surface area (Å²) in [5.74, 6) is 0. The first kappa shape index (κ1) is 18.2. The van der Waals surface area contributed by atoms with E-state index in [2.05, 4.69) is 58.6 Å². The summed E-state index contributed by atoms with van der Waals surface area (Å²) >= 11 is 0. The minimum absolute atomic E-state index is 0.208. The van der Waals surface area contributed by atoms with Crippen molar-refractivity contribution in [2.75, 3.05) is 13.2 Å². The second-order valence-corrected chi connectivity index (χ2v) is 7.91. The van der Waals surface area contributed by atoms with Crippen LogP contribution in [0.4, 0.5) is 0 Å². The molecule has 2 aromatic heterocycles. The number of benzene rings is 1. The lowest BCUT2D eigenvalue weighted by atomic mass is 10.0. The Morgan fingerprint density at radius 1 is 1.19 bits per heavy atom. The molecule has 0 spiro atoms. The number of fused-ring (bicyclic) bond motifs is 3. The number of nitrogens with zero attached hydrogens (tertiary/aromatic N) is 3. The molecule has 3 aromatic rings. The third-order valence-electron chi connectivity index (χ3n) is 5.92. The van der Waals surface area contributed by atoms with Crippen LogP contribution >= 0.6 is 0 Å². The van der Waals surface area contributed by atoms with Gasteiger partial charge in [-0.1, -0.05) is 17.7 Å². The van der Waals surface area contributed by atoms with Gasteiger partial charge < -0.3 is 9.67 Å². The summed E-state index contributed by atoms with van der Waals surface area (Å²) in [6.45, 7) is 9.44. The molecule has 0 bridgehead atoms. The van der Waals surface area contributed by atoms with Crippen LogP contribution in [-0.4, -0.2) is 38.8 Å². The lowest BCUT2D eigenvalue weighted by Crippen LogP contribution is -2.39. The van der Waals surface area contributed by atoms with Gasteiger partial charge in [0.25, 0.3) is 0 Å². The third kappa shape index (κ3) is 3.52. The molecule has 0 radical (unpaired) electrons. The van der Waals surface area contributed by atoms with Gasteiger partial charge in [0.15, 0.2) is 0 Å². The molecular formula is C23H29N3O. The van der Waals surface area contributed by atoms with Crippen molar-refractivity contribution in [2.45, 2.75) is 52.7 Å². The molecule has 1 aromatic carbocycles. The molecule has 0 amide bonds. The van der Waals surface area contributed by atoms with Gasteiger partial charge in [-0.15, -0.1) is 0 Å². The maximum Gasteiger partial charge on any atom is 0.0584 e. The van der Waals surface area contributed by atoms with E-state index in [1.54, 1.807) is 0 Å². The lowest BCUT2D eigenvalue weighted by Gasteiger charge is -2.32. The van der Waals surface area contributed by atoms with E-state index in [-0.39, 0.29) is 12.6 Å². The van der Waals surface area contributed by atoms with Crippen molar-refractivity contribution in [3.05, 3.63) is 64.6 Å². The molecule has 4 nitrogen and oxygen atoms in total. The van der Waals surface area contributed by atoms with Gasteiger partial charge in [-0.2, -0.15) is 0 Å². The van der Waals surface area contributed by atoms with Crippen LogP contribution < -0.4 is 0 Å². The summed E-state index contributed by atoms with van der Waals surface area (Å²) in [4.78, 5) is 6.84. The van der Waals surface area contributed by atoms with Crippen LogP contribution in [0.5, 0.6) is 0 Å². The Hall–Kier alpha value is -2.17. The van der Waals surface area contributed by atoms with Gasteiger partial charge in [0.1, 0.15) is 0 Å². The predicted octanol–water partition coefficient (Wildman–Crippen LogP) is 3.63. The molecule has 1 aliphatic rings. The topological polar surface area (TPSA) is 41.3 Å². The van der Waals surface area contributed by atoms with Crippen molar-refractivity contribution >= 4 is 10.9 Å². The summed E-state index contributed by atoms with van der Waals surface area (Å²) in [7, 11) is 0. The number of hydrogen-bond acceptors (Lipinski definition) is 3. The minimum atomic E-state index is 0.208. The number of aliphatic hydroxyl groups excluding tert-OH is 1. The first-order chi connectivity index (χ1) is 13.1. The Balaban J connectivity index is 1.69. The fourth-order valence-electron chi connectivity index (χ4n) is 4.22. The van der Waals surface area contributed by atoms with E-state index in [0.717, 1.165) is 38.2 Å². The van der Waals surface area contributed by atoms with Crippen LogP contribution in [0.15, 0.2) is 36.5 Å². The Morgan fingerprint density at radius 2 is 2.04 bits per heavy atom. The van der Waals surface area contributed by atoms with Crippen LogP contribution in [0.3, 0.4) is 0 Å². The van der Waals surface area contributed by atoms with Crippen molar-refractivity contribution in [1.82, 2.24) is 14.5 Å². The molecule has 0 saturated heterocycles. The largest absolute Gasteiger partial charge is 0.395 e.